The molecule has 0 unspecified atom stereocenters. The van der Waals surface area contributed by atoms with Gasteiger partial charge >= 0.3 is 12.1 Å². The van der Waals surface area contributed by atoms with Gasteiger partial charge in [-0.15, -0.1) is 0 Å². The van der Waals surface area contributed by atoms with Crippen molar-refractivity contribution in [3.05, 3.63) is 35.5 Å². The van der Waals surface area contributed by atoms with Crippen molar-refractivity contribution in [1.82, 2.24) is 9.88 Å². The molecule has 2 aliphatic rings. The van der Waals surface area contributed by atoms with Crippen molar-refractivity contribution in [2.24, 2.45) is 5.92 Å². The molecule has 2 heterocycles. The SMILES string of the molecule is COC(=O)c1c(C)n([C@H](C)C2CCC(NC3(C(F)(F)F)COC3)CC2)c2ccccc12. The van der Waals surface area contributed by atoms with Crippen LogP contribution in [-0.2, 0) is 9.47 Å². The quantitative estimate of drug-likeness (QED) is 0.683. The summed E-state index contributed by atoms with van der Waals surface area (Å²) in [6.45, 7) is 3.45. The fourth-order valence-corrected chi connectivity index (χ4v) is 5.26. The summed E-state index contributed by atoms with van der Waals surface area (Å²) in [5, 5.41) is 3.72. The highest BCUT2D eigenvalue weighted by Crippen LogP contribution is 2.41. The van der Waals surface area contributed by atoms with Gasteiger partial charge in [-0.3, -0.25) is 5.32 Å². The first-order chi connectivity index (χ1) is 14.7. The van der Waals surface area contributed by atoms with Gasteiger partial charge in [0.2, 0.25) is 0 Å². The Labute approximate surface area is 179 Å². The Bertz CT molecular complexity index is 957. The smallest absolute Gasteiger partial charge is 0.411 e. The summed E-state index contributed by atoms with van der Waals surface area (Å²) >= 11 is 0. The predicted molar refractivity (Wildman–Crippen MR) is 111 cm³/mol. The van der Waals surface area contributed by atoms with Crippen molar-refractivity contribution >= 4 is 16.9 Å². The number of nitrogens with zero attached hydrogens (tertiary/aromatic N) is 1. The monoisotopic (exact) mass is 438 g/mol. The van der Waals surface area contributed by atoms with Crippen molar-refractivity contribution in [2.75, 3.05) is 20.3 Å². The number of fused-ring (bicyclic) bond motifs is 1. The molecule has 1 aromatic carbocycles. The second-order valence-electron chi connectivity index (χ2n) is 8.91. The van der Waals surface area contributed by atoms with Crippen LogP contribution in [0.15, 0.2) is 24.3 Å². The molecule has 0 amide bonds. The largest absolute Gasteiger partial charge is 0.465 e. The number of carbonyl (C=O) groups is 1. The summed E-state index contributed by atoms with van der Waals surface area (Å²) in [5.41, 5.74) is 0.537. The molecule has 31 heavy (non-hydrogen) atoms. The number of carbonyl (C=O) groups excluding carboxylic acids is 1. The van der Waals surface area contributed by atoms with Crippen LogP contribution in [0.4, 0.5) is 13.2 Å². The minimum absolute atomic E-state index is 0.118. The van der Waals surface area contributed by atoms with Gasteiger partial charge in [-0.2, -0.15) is 13.2 Å². The first-order valence-corrected chi connectivity index (χ1v) is 10.8. The maximum Gasteiger partial charge on any atom is 0.411 e. The Morgan fingerprint density at radius 1 is 1.23 bits per heavy atom. The molecule has 5 nitrogen and oxygen atoms in total. The third-order valence-electron chi connectivity index (χ3n) is 7.13. The molecular formula is C23H29F3N2O3. The highest BCUT2D eigenvalue weighted by atomic mass is 19.4. The zero-order valence-electron chi connectivity index (χ0n) is 18.1. The van der Waals surface area contributed by atoms with Gasteiger partial charge in [0.05, 0.1) is 25.9 Å². The van der Waals surface area contributed by atoms with Crippen molar-refractivity contribution in [3.63, 3.8) is 0 Å². The first-order valence-electron chi connectivity index (χ1n) is 10.8. The van der Waals surface area contributed by atoms with Gasteiger partial charge in [-0.05, 0) is 51.5 Å². The van der Waals surface area contributed by atoms with Gasteiger partial charge < -0.3 is 14.0 Å². The van der Waals surface area contributed by atoms with Crippen LogP contribution in [0.2, 0.25) is 0 Å². The van der Waals surface area contributed by atoms with E-state index in [1.54, 1.807) is 0 Å². The molecule has 0 radical (unpaired) electrons. The molecule has 2 fully saturated rings. The van der Waals surface area contributed by atoms with Crippen LogP contribution in [0.1, 0.15) is 54.7 Å². The Morgan fingerprint density at radius 3 is 2.42 bits per heavy atom. The molecule has 2 aromatic rings. The summed E-state index contributed by atoms with van der Waals surface area (Å²) < 4.78 is 52.4. The van der Waals surface area contributed by atoms with Crippen molar-refractivity contribution in [2.45, 2.75) is 63.3 Å². The topological polar surface area (TPSA) is 52.5 Å². The van der Waals surface area contributed by atoms with E-state index in [1.165, 1.54) is 7.11 Å². The summed E-state index contributed by atoms with van der Waals surface area (Å²) in [6, 6.07) is 7.73. The molecular weight excluding hydrogens is 409 g/mol. The van der Waals surface area contributed by atoms with Crippen LogP contribution in [-0.4, -0.2) is 48.6 Å². The van der Waals surface area contributed by atoms with Crippen molar-refractivity contribution in [1.29, 1.82) is 0 Å². The number of para-hydroxylation sites is 1. The molecule has 1 saturated heterocycles. The van der Waals surface area contributed by atoms with Gasteiger partial charge in [0.25, 0.3) is 0 Å². The standard InChI is InChI=1S/C23H29F3N2O3/c1-14(28-15(2)20(21(29)30-3)18-6-4-5-7-19(18)28)16-8-10-17(11-9-16)27-22(12-31-13-22)23(24,25)26/h4-7,14,16-17,27H,8-13H2,1-3H3/t14-,16?,17?/m1/s1. The summed E-state index contributed by atoms with van der Waals surface area (Å²) in [5.74, 6) is -0.0368. The molecule has 1 atom stereocenters. The van der Waals surface area contributed by atoms with Gasteiger partial charge in [-0.25, -0.2) is 4.79 Å². The number of methoxy groups -OCH3 is 1. The average Bonchev–Trinajstić information content (AvgIpc) is 3.01. The number of ether oxygens (including phenoxy) is 2. The third kappa shape index (κ3) is 3.74. The molecule has 1 aliphatic carbocycles. The number of benzene rings is 1. The van der Waals surface area contributed by atoms with Crippen molar-refractivity contribution < 1.29 is 27.4 Å². The predicted octanol–water partition coefficient (Wildman–Crippen LogP) is 4.78. The van der Waals surface area contributed by atoms with Crippen LogP contribution in [0.3, 0.4) is 0 Å². The Hall–Kier alpha value is -2.06. The molecule has 4 rings (SSSR count). The van der Waals surface area contributed by atoms with Gasteiger partial charge in [0.1, 0.15) is 0 Å². The van der Waals surface area contributed by atoms with Crippen LogP contribution >= 0.6 is 0 Å². The molecule has 1 N–H and O–H groups in total. The van der Waals surface area contributed by atoms with Gasteiger partial charge in [0.15, 0.2) is 5.54 Å². The lowest BCUT2D eigenvalue weighted by Crippen LogP contribution is -2.71. The van der Waals surface area contributed by atoms with E-state index in [0.29, 0.717) is 24.3 Å². The van der Waals surface area contributed by atoms with Crippen LogP contribution < -0.4 is 5.32 Å². The summed E-state index contributed by atoms with van der Waals surface area (Å²) in [4.78, 5) is 12.4. The molecule has 0 bridgehead atoms. The lowest BCUT2D eigenvalue weighted by molar-refractivity contribution is -0.270. The number of rotatable bonds is 5. The highest BCUT2D eigenvalue weighted by molar-refractivity contribution is 6.05. The van der Waals surface area contributed by atoms with E-state index >= 15 is 0 Å². The van der Waals surface area contributed by atoms with Crippen LogP contribution in [0.5, 0.6) is 0 Å². The molecule has 1 aromatic heterocycles. The minimum Gasteiger partial charge on any atom is -0.465 e. The maximum atomic E-state index is 13.4. The number of halogens is 3. The van der Waals surface area contributed by atoms with Crippen LogP contribution in [0.25, 0.3) is 10.9 Å². The van der Waals surface area contributed by atoms with E-state index in [9.17, 15) is 18.0 Å². The average molecular weight is 438 g/mol. The molecule has 1 saturated carbocycles. The Kier molecular flexibility index (Phi) is 5.81. The first kappa shape index (κ1) is 22.1. The highest BCUT2D eigenvalue weighted by Gasteiger charge is 2.60. The molecule has 170 valence electrons. The second kappa shape index (κ2) is 8.13. The number of nitrogens with one attached hydrogen (secondary N) is 1. The zero-order valence-corrected chi connectivity index (χ0v) is 18.1. The van der Waals surface area contributed by atoms with E-state index in [4.69, 9.17) is 9.47 Å². The second-order valence-corrected chi connectivity index (χ2v) is 8.91. The fraction of sp³-hybridized carbons (Fsp3) is 0.609. The van der Waals surface area contributed by atoms with Crippen LogP contribution in [0, 0.1) is 12.8 Å². The van der Waals surface area contributed by atoms with E-state index in [0.717, 1.165) is 29.4 Å². The zero-order chi connectivity index (χ0) is 22.4. The number of hydrogen-bond donors (Lipinski definition) is 1. The molecule has 8 heteroatoms. The van der Waals surface area contributed by atoms with E-state index < -0.39 is 11.7 Å². The fourth-order valence-electron chi connectivity index (χ4n) is 5.26. The summed E-state index contributed by atoms with van der Waals surface area (Å²) in [7, 11) is 1.38. The lowest BCUT2D eigenvalue weighted by atomic mass is 9.80. The maximum absolute atomic E-state index is 13.4. The van der Waals surface area contributed by atoms with E-state index in [-0.39, 0.29) is 31.3 Å². The minimum atomic E-state index is -4.30. The van der Waals surface area contributed by atoms with Gasteiger partial charge in [0, 0.05) is 28.7 Å². The molecule has 1 aliphatic heterocycles. The molecule has 0 spiro atoms. The normalized spacial score (nSPS) is 24.6. The third-order valence-corrected chi connectivity index (χ3v) is 7.13. The number of hydrogen-bond acceptors (Lipinski definition) is 4. The van der Waals surface area contributed by atoms with E-state index in [1.807, 2.05) is 31.2 Å². The summed E-state index contributed by atoms with van der Waals surface area (Å²) in [6.07, 6.45) is -1.27. The van der Waals surface area contributed by atoms with E-state index in [2.05, 4.69) is 16.8 Å². The Morgan fingerprint density at radius 2 is 1.87 bits per heavy atom. The number of alkyl halides is 3. The number of aromatic nitrogens is 1. The number of esters is 1. The van der Waals surface area contributed by atoms with Crippen molar-refractivity contribution in [3.8, 4) is 0 Å². The van der Waals surface area contributed by atoms with Gasteiger partial charge in [-0.1, -0.05) is 18.2 Å². The Balaban J connectivity index is 1.51. The lowest BCUT2D eigenvalue weighted by Gasteiger charge is -2.46.